The highest BCUT2D eigenvalue weighted by Gasteiger charge is 2.51. The van der Waals surface area contributed by atoms with Crippen molar-refractivity contribution in [2.45, 2.75) is 6.42 Å². The number of carboxylic acid groups (broad SMARTS) is 1. The lowest BCUT2D eigenvalue weighted by Gasteiger charge is -2.23. The van der Waals surface area contributed by atoms with E-state index < -0.39 is 17.8 Å². The second-order valence-corrected chi connectivity index (χ2v) is 5.38. The molecule has 3 rings (SSSR count). The molecule has 1 aromatic rings. The molecule has 0 radical (unpaired) electrons. The molecule has 4 atom stereocenters. The van der Waals surface area contributed by atoms with E-state index in [1.807, 2.05) is 12.2 Å². The van der Waals surface area contributed by atoms with Crippen LogP contribution in [-0.2, 0) is 9.59 Å². The van der Waals surface area contributed by atoms with Crippen molar-refractivity contribution in [3.05, 3.63) is 29.7 Å². The summed E-state index contributed by atoms with van der Waals surface area (Å²) in [6.45, 7) is 0. The maximum absolute atomic E-state index is 12.3. The lowest BCUT2D eigenvalue weighted by Crippen LogP contribution is -2.36. The molecule has 20 heavy (non-hydrogen) atoms. The summed E-state index contributed by atoms with van der Waals surface area (Å²) in [5.74, 6) is -2.27. The third-order valence-electron chi connectivity index (χ3n) is 3.92. The number of aliphatic carboxylic acids is 1. The molecule has 0 saturated heterocycles. The molecule has 104 valence electrons. The van der Waals surface area contributed by atoms with Gasteiger partial charge in [0.05, 0.1) is 11.8 Å². The number of carboxylic acids is 1. The van der Waals surface area contributed by atoms with Crippen molar-refractivity contribution in [2.24, 2.45) is 23.7 Å². The van der Waals surface area contributed by atoms with Crippen LogP contribution in [0.25, 0.3) is 0 Å². The lowest BCUT2D eigenvalue weighted by molar-refractivity contribution is -0.146. The molecular weight excluding hydrogens is 282 g/mol. The molecule has 2 aliphatic rings. The van der Waals surface area contributed by atoms with Crippen molar-refractivity contribution in [3.8, 4) is 0 Å². The van der Waals surface area contributed by atoms with E-state index in [2.05, 4.69) is 15.3 Å². The fourth-order valence-electron chi connectivity index (χ4n) is 3.13. The number of aromatic nitrogens is 2. The van der Waals surface area contributed by atoms with Gasteiger partial charge in [0, 0.05) is 6.20 Å². The number of nitrogens with zero attached hydrogens (tertiary/aromatic N) is 2. The van der Waals surface area contributed by atoms with Crippen molar-refractivity contribution >= 4 is 29.3 Å². The largest absolute Gasteiger partial charge is 0.481 e. The Kier molecular flexibility index (Phi) is 3.17. The topological polar surface area (TPSA) is 92.2 Å². The molecule has 0 aromatic carbocycles. The number of halogens is 1. The number of amides is 1. The molecule has 7 heteroatoms. The highest BCUT2D eigenvalue weighted by Crippen LogP contribution is 2.48. The van der Waals surface area contributed by atoms with Gasteiger partial charge < -0.3 is 10.4 Å². The Morgan fingerprint density at radius 2 is 2.00 bits per heavy atom. The van der Waals surface area contributed by atoms with Gasteiger partial charge in [0.15, 0.2) is 0 Å². The van der Waals surface area contributed by atoms with Gasteiger partial charge in [-0.25, -0.2) is 9.97 Å². The molecule has 2 unspecified atom stereocenters. The number of anilines is 1. The zero-order chi connectivity index (χ0) is 14.3. The summed E-state index contributed by atoms with van der Waals surface area (Å²) in [4.78, 5) is 31.3. The molecule has 1 heterocycles. The van der Waals surface area contributed by atoms with E-state index in [0.29, 0.717) is 0 Å². The molecule has 0 spiro atoms. The van der Waals surface area contributed by atoms with Gasteiger partial charge in [-0.1, -0.05) is 12.2 Å². The van der Waals surface area contributed by atoms with E-state index in [-0.39, 0.29) is 28.8 Å². The second-order valence-electron chi connectivity index (χ2n) is 5.04. The summed E-state index contributed by atoms with van der Waals surface area (Å²) in [5.41, 5.74) is 0. The number of hydrogen-bond acceptors (Lipinski definition) is 4. The molecule has 1 aromatic heterocycles. The second kappa shape index (κ2) is 4.86. The fourth-order valence-corrected chi connectivity index (χ4v) is 3.28. The maximum Gasteiger partial charge on any atom is 0.307 e. The Bertz CT molecular complexity index is 604. The van der Waals surface area contributed by atoms with Crippen molar-refractivity contribution in [1.82, 2.24) is 9.97 Å². The van der Waals surface area contributed by atoms with Crippen LogP contribution in [0.5, 0.6) is 0 Å². The van der Waals surface area contributed by atoms with Gasteiger partial charge in [-0.05, 0) is 35.9 Å². The highest BCUT2D eigenvalue weighted by atomic mass is 35.5. The Morgan fingerprint density at radius 1 is 1.30 bits per heavy atom. The van der Waals surface area contributed by atoms with Crippen LogP contribution in [-0.4, -0.2) is 27.0 Å². The highest BCUT2D eigenvalue weighted by molar-refractivity contribution is 6.28. The van der Waals surface area contributed by atoms with Crippen LogP contribution >= 0.6 is 11.6 Å². The van der Waals surface area contributed by atoms with Gasteiger partial charge >= 0.3 is 5.97 Å². The first-order chi connectivity index (χ1) is 9.56. The van der Waals surface area contributed by atoms with Crippen molar-refractivity contribution in [2.75, 3.05) is 5.32 Å². The lowest BCUT2D eigenvalue weighted by atomic mass is 9.82. The summed E-state index contributed by atoms with van der Waals surface area (Å²) in [7, 11) is 0. The van der Waals surface area contributed by atoms with Crippen LogP contribution in [0.2, 0.25) is 5.28 Å². The number of nitrogens with one attached hydrogen (secondary N) is 1. The van der Waals surface area contributed by atoms with Crippen LogP contribution in [0.15, 0.2) is 24.4 Å². The van der Waals surface area contributed by atoms with Crippen LogP contribution < -0.4 is 5.32 Å². The number of rotatable bonds is 3. The predicted molar refractivity (Wildman–Crippen MR) is 71.0 cm³/mol. The Hall–Kier alpha value is -1.95. The molecule has 0 aliphatic heterocycles. The minimum absolute atomic E-state index is 0.0154. The van der Waals surface area contributed by atoms with Gasteiger partial charge in [0.25, 0.3) is 0 Å². The first kappa shape index (κ1) is 13.1. The minimum atomic E-state index is -0.928. The van der Waals surface area contributed by atoms with E-state index in [1.165, 1.54) is 12.3 Å². The Labute approximate surface area is 119 Å². The predicted octanol–water partition coefficient (Wildman–Crippen LogP) is 1.59. The smallest absolute Gasteiger partial charge is 0.307 e. The number of fused-ring (bicyclic) bond motifs is 2. The number of allylic oxidation sites excluding steroid dienone is 2. The summed E-state index contributed by atoms with van der Waals surface area (Å²) in [6, 6.07) is 1.52. The zero-order valence-corrected chi connectivity index (χ0v) is 11.1. The summed E-state index contributed by atoms with van der Waals surface area (Å²) in [6.07, 6.45) is 5.98. The van der Waals surface area contributed by atoms with Crippen molar-refractivity contribution < 1.29 is 14.7 Å². The zero-order valence-electron chi connectivity index (χ0n) is 10.4. The van der Waals surface area contributed by atoms with Crippen molar-refractivity contribution in [3.63, 3.8) is 0 Å². The minimum Gasteiger partial charge on any atom is -0.481 e. The van der Waals surface area contributed by atoms with Gasteiger partial charge in [-0.3, -0.25) is 9.59 Å². The molecule has 1 saturated carbocycles. The van der Waals surface area contributed by atoms with Crippen LogP contribution in [0.4, 0.5) is 5.82 Å². The van der Waals surface area contributed by atoms with E-state index >= 15 is 0 Å². The summed E-state index contributed by atoms with van der Waals surface area (Å²) < 4.78 is 0. The van der Waals surface area contributed by atoms with E-state index in [0.717, 1.165) is 6.42 Å². The molecule has 2 aliphatic carbocycles. The number of carbonyl (C=O) groups is 2. The first-order valence-electron chi connectivity index (χ1n) is 6.27. The van der Waals surface area contributed by atoms with E-state index in [1.54, 1.807) is 0 Å². The SMILES string of the molecule is O=C(O)[C@@H]1C2C=CC(C2)[C@@H]1C(=O)Nc1ccnc(Cl)n1. The molecule has 6 nitrogen and oxygen atoms in total. The summed E-state index contributed by atoms with van der Waals surface area (Å²) >= 11 is 5.65. The third-order valence-corrected chi connectivity index (χ3v) is 4.11. The summed E-state index contributed by atoms with van der Waals surface area (Å²) in [5, 5.41) is 12.0. The molecular formula is C13H12ClN3O3. The van der Waals surface area contributed by atoms with E-state index in [4.69, 9.17) is 11.6 Å². The number of carbonyl (C=O) groups excluding carboxylic acids is 1. The molecule has 2 bridgehead atoms. The van der Waals surface area contributed by atoms with Gasteiger partial charge in [-0.15, -0.1) is 0 Å². The van der Waals surface area contributed by atoms with Crippen LogP contribution in [0.1, 0.15) is 6.42 Å². The maximum atomic E-state index is 12.3. The Balaban J connectivity index is 1.80. The normalized spacial score (nSPS) is 30.4. The average Bonchev–Trinajstić information content (AvgIpc) is 2.98. The number of hydrogen-bond donors (Lipinski definition) is 2. The Morgan fingerprint density at radius 3 is 2.65 bits per heavy atom. The monoisotopic (exact) mass is 293 g/mol. The molecule has 1 amide bonds. The third kappa shape index (κ3) is 2.16. The van der Waals surface area contributed by atoms with Crippen LogP contribution in [0.3, 0.4) is 0 Å². The molecule has 1 fully saturated rings. The van der Waals surface area contributed by atoms with Gasteiger partial charge in [0.1, 0.15) is 5.82 Å². The first-order valence-corrected chi connectivity index (χ1v) is 6.64. The quantitative estimate of drug-likeness (QED) is 0.652. The standard InChI is InChI=1S/C13H12ClN3O3/c14-13-15-4-3-8(17-13)16-11(18)9-6-1-2-7(5-6)10(9)12(19)20/h1-4,6-7,9-10H,5H2,(H,19,20)(H,15,16,17,18)/t6?,7?,9-,10+/m0/s1. The fraction of sp³-hybridized carbons (Fsp3) is 0.385. The average molecular weight is 294 g/mol. The van der Waals surface area contributed by atoms with Gasteiger partial charge in [-0.2, -0.15) is 0 Å². The van der Waals surface area contributed by atoms with E-state index in [9.17, 15) is 14.7 Å². The van der Waals surface area contributed by atoms with Crippen LogP contribution in [0, 0.1) is 23.7 Å². The molecule has 2 N–H and O–H groups in total. The van der Waals surface area contributed by atoms with Gasteiger partial charge in [0.2, 0.25) is 11.2 Å². The van der Waals surface area contributed by atoms with Crippen molar-refractivity contribution in [1.29, 1.82) is 0 Å².